The van der Waals surface area contributed by atoms with E-state index in [9.17, 15) is 9.59 Å². The zero-order chi connectivity index (χ0) is 21.8. The smallest absolute Gasteiger partial charge is 0.255 e. The first-order valence-electron chi connectivity index (χ1n) is 10.1. The van der Waals surface area contributed by atoms with E-state index >= 15 is 0 Å². The average Bonchev–Trinajstić information content (AvgIpc) is 3.34. The molecule has 0 unspecified atom stereocenters. The Hall–Kier alpha value is -3.32. The third-order valence-electron chi connectivity index (χ3n) is 5.44. The molecule has 3 heterocycles. The van der Waals surface area contributed by atoms with Crippen molar-refractivity contribution in [3.8, 4) is 11.4 Å². The van der Waals surface area contributed by atoms with Crippen molar-refractivity contribution in [2.75, 3.05) is 20.2 Å². The van der Waals surface area contributed by atoms with E-state index in [-0.39, 0.29) is 17.9 Å². The molecule has 1 aliphatic heterocycles. The van der Waals surface area contributed by atoms with Crippen LogP contribution in [0.5, 0.6) is 5.75 Å². The molecule has 1 N–H and O–H groups in total. The number of likely N-dealkylation sites (tertiary alicyclic amines) is 1. The average molecular weight is 439 g/mol. The maximum absolute atomic E-state index is 12.9. The molecule has 0 saturated carbocycles. The Bertz CT molecular complexity index is 1060. The molecule has 0 aliphatic carbocycles. The molecule has 1 saturated heterocycles. The second-order valence-corrected chi connectivity index (χ2v) is 7.78. The van der Waals surface area contributed by atoms with Crippen LogP contribution >= 0.6 is 11.6 Å². The van der Waals surface area contributed by atoms with E-state index < -0.39 is 0 Å². The fourth-order valence-electron chi connectivity index (χ4n) is 3.75. The molecule has 0 bridgehead atoms. The highest BCUT2D eigenvalue weighted by Crippen LogP contribution is 2.30. The van der Waals surface area contributed by atoms with Crippen molar-refractivity contribution in [2.45, 2.75) is 18.9 Å². The molecule has 160 valence electrons. The van der Waals surface area contributed by atoms with E-state index in [1.165, 1.54) is 7.11 Å². The third-order valence-corrected chi connectivity index (χ3v) is 5.74. The number of aromatic nitrogens is 2. The standard InChI is InChI=1S/C23H23ClN4O3/c1-31-21-15-20(27-10-2-3-11-27)19(24)14-18(21)22(29)26-17-6-12-28(13-7-17)23(30)16-4-8-25-9-5-16/h2-5,8-11,14-15,17H,6-7,12-13H2,1H3,(H,26,29). The number of methoxy groups -OCH3 is 1. The lowest BCUT2D eigenvalue weighted by Crippen LogP contribution is -2.46. The van der Waals surface area contributed by atoms with Gasteiger partial charge in [0, 0.05) is 55.5 Å². The lowest BCUT2D eigenvalue weighted by Gasteiger charge is -2.32. The second kappa shape index (κ2) is 9.22. The predicted molar refractivity (Wildman–Crippen MR) is 118 cm³/mol. The van der Waals surface area contributed by atoms with Gasteiger partial charge >= 0.3 is 0 Å². The quantitative estimate of drug-likeness (QED) is 0.660. The van der Waals surface area contributed by atoms with Crippen molar-refractivity contribution >= 4 is 23.4 Å². The van der Waals surface area contributed by atoms with Crippen LogP contribution in [0, 0.1) is 0 Å². The number of hydrogen-bond acceptors (Lipinski definition) is 4. The van der Waals surface area contributed by atoms with E-state index in [0.717, 1.165) is 5.69 Å². The number of ether oxygens (including phenoxy) is 1. The highest BCUT2D eigenvalue weighted by Gasteiger charge is 2.26. The van der Waals surface area contributed by atoms with Crippen LogP contribution in [-0.4, -0.2) is 52.5 Å². The van der Waals surface area contributed by atoms with E-state index in [1.807, 2.05) is 29.1 Å². The van der Waals surface area contributed by atoms with Crippen molar-refractivity contribution < 1.29 is 14.3 Å². The van der Waals surface area contributed by atoms with Crippen LogP contribution in [0.15, 0.2) is 61.2 Å². The van der Waals surface area contributed by atoms with Gasteiger partial charge in [-0.15, -0.1) is 0 Å². The van der Waals surface area contributed by atoms with E-state index in [2.05, 4.69) is 10.3 Å². The summed E-state index contributed by atoms with van der Waals surface area (Å²) in [4.78, 5) is 31.3. The summed E-state index contributed by atoms with van der Waals surface area (Å²) in [7, 11) is 1.53. The third kappa shape index (κ3) is 4.56. The number of pyridine rings is 1. The van der Waals surface area contributed by atoms with Gasteiger partial charge in [0.1, 0.15) is 5.75 Å². The van der Waals surface area contributed by atoms with Crippen molar-refractivity contribution in [3.63, 3.8) is 0 Å². The summed E-state index contributed by atoms with van der Waals surface area (Å²) in [6, 6.07) is 10.6. The molecule has 1 aromatic carbocycles. The number of nitrogens with one attached hydrogen (secondary N) is 1. The molecule has 7 nitrogen and oxygen atoms in total. The number of piperidine rings is 1. The van der Waals surface area contributed by atoms with Gasteiger partial charge in [-0.1, -0.05) is 11.6 Å². The number of nitrogens with zero attached hydrogens (tertiary/aromatic N) is 3. The van der Waals surface area contributed by atoms with Gasteiger partial charge in [-0.05, 0) is 43.2 Å². The van der Waals surface area contributed by atoms with Crippen LogP contribution in [0.2, 0.25) is 5.02 Å². The fourth-order valence-corrected chi connectivity index (χ4v) is 4.01. The molecular formula is C23H23ClN4O3. The summed E-state index contributed by atoms with van der Waals surface area (Å²) in [5.41, 5.74) is 1.75. The first-order valence-corrected chi connectivity index (χ1v) is 10.5. The van der Waals surface area contributed by atoms with Crippen molar-refractivity contribution in [1.29, 1.82) is 0 Å². The maximum atomic E-state index is 12.9. The van der Waals surface area contributed by atoms with Gasteiger partial charge in [-0.3, -0.25) is 14.6 Å². The predicted octanol–water partition coefficient (Wildman–Crippen LogP) is 3.57. The van der Waals surface area contributed by atoms with Crippen LogP contribution in [0.4, 0.5) is 0 Å². The minimum Gasteiger partial charge on any atom is -0.496 e. The Morgan fingerprint density at radius 3 is 2.45 bits per heavy atom. The topological polar surface area (TPSA) is 76.5 Å². The first kappa shape index (κ1) is 20.9. The lowest BCUT2D eigenvalue weighted by molar-refractivity contribution is 0.0698. The van der Waals surface area contributed by atoms with Gasteiger partial charge in [-0.25, -0.2) is 0 Å². The van der Waals surface area contributed by atoms with Gasteiger partial charge in [-0.2, -0.15) is 0 Å². The molecular weight excluding hydrogens is 416 g/mol. The first-order chi connectivity index (χ1) is 15.1. The molecule has 0 spiro atoms. The van der Waals surface area contributed by atoms with Gasteiger partial charge in [0.25, 0.3) is 11.8 Å². The monoisotopic (exact) mass is 438 g/mol. The van der Waals surface area contributed by atoms with Crippen molar-refractivity contribution in [1.82, 2.24) is 19.8 Å². The van der Waals surface area contributed by atoms with E-state index in [1.54, 1.807) is 41.6 Å². The SMILES string of the molecule is COc1cc(-n2cccc2)c(Cl)cc1C(=O)NC1CCN(C(=O)c2ccncc2)CC1. The number of benzene rings is 1. The minimum absolute atomic E-state index is 0.0128. The minimum atomic E-state index is -0.239. The molecule has 2 amide bonds. The molecule has 4 rings (SSSR count). The Kier molecular flexibility index (Phi) is 6.23. The maximum Gasteiger partial charge on any atom is 0.255 e. The highest BCUT2D eigenvalue weighted by atomic mass is 35.5. The van der Waals surface area contributed by atoms with Crippen LogP contribution in [0.3, 0.4) is 0 Å². The van der Waals surface area contributed by atoms with Gasteiger partial charge in [0.15, 0.2) is 0 Å². The lowest BCUT2D eigenvalue weighted by atomic mass is 10.0. The molecule has 1 aliphatic rings. The Balaban J connectivity index is 1.41. The van der Waals surface area contributed by atoms with Crippen molar-refractivity contribution in [3.05, 3.63) is 77.3 Å². The molecule has 1 fully saturated rings. The fraction of sp³-hybridized carbons (Fsp3) is 0.261. The number of hydrogen-bond donors (Lipinski definition) is 1. The van der Waals surface area contributed by atoms with Crippen molar-refractivity contribution in [2.24, 2.45) is 0 Å². The summed E-state index contributed by atoms with van der Waals surface area (Å²) in [6.45, 7) is 1.16. The van der Waals surface area contributed by atoms with Crippen LogP contribution < -0.4 is 10.1 Å². The summed E-state index contributed by atoms with van der Waals surface area (Å²) in [5.74, 6) is 0.203. The zero-order valence-corrected chi connectivity index (χ0v) is 17.9. The van der Waals surface area contributed by atoms with Crippen LogP contribution in [0.1, 0.15) is 33.6 Å². The normalized spacial score (nSPS) is 14.3. The molecule has 2 aromatic heterocycles. The number of halogens is 1. The van der Waals surface area contributed by atoms with Crippen LogP contribution in [0.25, 0.3) is 5.69 Å². The summed E-state index contributed by atoms with van der Waals surface area (Å²) < 4.78 is 7.32. The van der Waals surface area contributed by atoms with Gasteiger partial charge in [0.05, 0.1) is 23.4 Å². The summed E-state index contributed by atoms with van der Waals surface area (Å²) in [5, 5.41) is 3.52. The van der Waals surface area contributed by atoms with E-state index in [0.29, 0.717) is 47.8 Å². The number of rotatable bonds is 5. The van der Waals surface area contributed by atoms with Gasteiger partial charge < -0.3 is 19.5 Å². The largest absolute Gasteiger partial charge is 0.496 e. The molecule has 3 aromatic rings. The zero-order valence-electron chi connectivity index (χ0n) is 17.1. The molecule has 0 radical (unpaired) electrons. The molecule has 8 heteroatoms. The Labute approximate surface area is 185 Å². The Morgan fingerprint density at radius 1 is 1.13 bits per heavy atom. The summed E-state index contributed by atoms with van der Waals surface area (Å²) >= 11 is 6.44. The summed E-state index contributed by atoms with van der Waals surface area (Å²) in [6.07, 6.45) is 8.34. The van der Waals surface area contributed by atoms with Gasteiger partial charge in [0.2, 0.25) is 0 Å². The molecule has 0 atom stereocenters. The number of amides is 2. The Morgan fingerprint density at radius 2 is 1.81 bits per heavy atom. The second-order valence-electron chi connectivity index (χ2n) is 7.37. The number of carbonyl (C=O) groups is 2. The van der Waals surface area contributed by atoms with Crippen LogP contribution in [-0.2, 0) is 0 Å². The number of carbonyl (C=O) groups excluding carboxylic acids is 2. The highest BCUT2D eigenvalue weighted by molar-refractivity contribution is 6.33. The molecule has 31 heavy (non-hydrogen) atoms. The van der Waals surface area contributed by atoms with E-state index in [4.69, 9.17) is 16.3 Å².